The summed E-state index contributed by atoms with van der Waals surface area (Å²) in [6, 6.07) is 9.98. The third-order valence-corrected chi connectivity index (χ3v) is 4.45. The highest BCUT2D eigenvalue weighted by Crippen LogP contribution is 2.30. The van der Waals surface area contributed by atoms with Gasteiger partial charge >= 0.3 is 6.18 Å². The van der Waals surface area contributed by atoms with Gasteiger partial charge in [0.05, 0.1) is 22.5 Å². The van der Waals surface area contributed by atoms with E-state index in [2.05, 4.69) is 10.4 Å². The highest BCUT2D eigenvalue weighted by molar-refractivity contribution is 6.41. The summed E-state index contributed by atoms with van der Waals surface area (Å²) in [6.07, 6.45) is -3.30. The van der Waals surface area contributed by atoms with Gasteiger partial charge in [0, 0.05) is 11.3 Å². The largest absolute Gasteiger partial charge is 0.416 e. The maximum absolute atomic E-state index is 12.8. The molecule has 0 spiro atoms. The SMILES string of the molecule is O=C(Nc1cccc(C(F)(F)F)c1)c1ccc(-n2ncc(Cl)c(Cl)c2=O)cc1. The van der Waals surface area contributed by atoms with Gasteiger partial charge in [-0.1, -0.05) is 29.3 Å². The van der Waals surface area contributed by atoms with Crippen LogP contribution in [0.4, 0.5) is 18.9 Å². The number of carbonyl (C=O) groups excluding carboxylic acids is 1. The molecule has 0 fully saturated rings. The molecular formula is C18H10Cl2F3N3O2. The van der Waals surface area contributed by atoms with Crippen molar-refractivity contribution in [3.8, 4) is 5.69 Å². The molecule has 0 aliphatic heterocycles. The minimum absolute atomic E-state index is 0.00581. The van der Waals surface area contributed by atoms with Crippen molar-refractivity contribution in [2.24, 2.45) is 0 Å². The zero-order valence-corrected chi connectivity index (χ0v) is 15.3. The third kappa shape index (κ3) is 4.18. The van der Waals surface area contributed by atoms with Crippen LogP contribution in [0.5, 0.6) is 0 Å². The van der Waals surface area contributed by atoms with Crippen molar-refractivity contribution >= 4 is 34.8 Å². The number of carbonyl (C=O) groups is 1. The van der Waals surface area contributed by atoms with E-state index in [4.69, 9.17) is 23.2 Å². The molecule has 0 unspecified atom stereocenters. The molecule has 28 heavy (non-hydrogen) atoms. The number of halogens is 5. The lowest BCUT2D eigenvalue weighted by Gasteiger charge is -2.10. The Balaban J connectivity index is 1.82. The van der Waals surface area contributed by atoms with Gasteiger partial charge in [-0.15, -0.1) is 0 Å². The van der Waals surface area contributed by atoms with Crippen molar-refractivity contribution in [1.82, 2.24) is 9.78 Å². The van der Waals surface area contributed by atoms with Gasteiger partial charge in [0.1, 0.15) is 5.02 Å². The summed E-state index contributed by atoms with van der Waals surface area (Å²) < 4.78 is 39.3. The molecule has 0 atom stereocenters. The molecule has 10 heteroatoms. The van der Waals surface area contributed by atoms with Crippen molar-refractivity contribution in [3.63, 3.8) is 0 Å². The average Bonchev–Trinajstić information content (AvgIpc) is 2.66. The fourth-order valence-corrected chi connectivity index (χ4v) is 2.58. The van der Waals surface area contributed by atoms with Crippen LogP contribution in [0.3, 0.4) is 0 Å². The van der Waals surface area contributed by atoms with Gasteiger partial charge < -0.3 is 5.32 Å². The van der Waals surface area contributed by atoms with Gasteiger partial charge in [-0.25, -0.2) is 0 Å². The summed E-state index contributed by atoms with van der Waals surface area (Å²) in [7, 11) is 0. The van der Waals surface area contributed by atoms with Crippen LogP contribution in [0, 0.1) is 0 Å². The van der Waals surface area contributed by atoms with Gasteiger partial charge in [-0.3, -0.25) is 9.59 Å². The summed E-state index contributed by atoms with van der Waals surface area (Å²) >= 11 is 11.5. The van der Waals surface area contributed by atoms with Crippen LogP contribution in [0.25, 0.3) is 5.69 Å². The molecule has 1 amide bonds. The predicted octanol–water partition coefficient (Wildman–Crippen LogP) is 4.81. The lowest BCUT2D eigenvalue weighted by atomic mass is 10.1. The number of benzene rings is 2. The number of nitrogens with one attached hydrogen (secondary N) is 1. The number of rotatable bonds is 3. The highest BCUT2D eigenvalue weighted by Gasteiger charge is 2.30. The summed E-state index contributed by atoms with van der Waals surface area (Å²) in [4.78, 5) is 24.3. The minimum atomic E-state index is -4.51. The maximum Gasteiger partial charge on any atom is 0.416 e. The van der Waals surface area contributed by atoms with Crippen LogP contribution in [0.2, 0.25) is 10.0 Å². The number of hydrogen-bond acceptors (Lipinski definition) is 3. The molecule has 0 saturated heterocycles. The van der Waals surface area contributed by atoms with Crippen molar-refractivity contribution in [3.05, 3.63) is 86.3 Å². The molecule has 144 valence electrons. The van der Waals surface area contributed by atoms with Gasteiger partial charge in [0.15, 0.2) is 0 Å². The van der Waals surface area contributed by atoms with Gasteiger partial charge in [-0.2, -0.15) is 23.0 Å². The molecule has 0 aliphatic carbocycles. The number of alkyl halides is 3. The van der Waals surface area contributed by atoms with Crippen LogP contribution in [0.1, 0.15) is 15.9 Å². The van der Waals surface area contributed by atoms with Crippen LogP contribution in [-0.2, 0) is 6.18 Å². The lowest BCUT2D eigenvalue weighted by Crippen LogP contribution is -2.21. The Morgan fingerprint density at radius 1 is 1.07 bits per heavy atom. The molecule has 3 rings (SSSR count). The zero-order chi connectivity index (χ0) is 20.5. The fourth-order valence-electron chi connectivity index (χ4n) is 2.33. The second kappa shape index (κ2) is 7.65. The van der Waals surface area contributed by atoms with Crippen molar-refractivity contribution < 1.29 is 18.0 Å². The van der Waals surface area contributed by atoms with Crippen molar-refractivity contribution in [2.45, 2.75) is 6.18 Å². The first-order valence-corrected chi connectivity index (χ1v) is 8.45. The lowest BCUT2D eigenvalue weighted by molar-refractivity contribution is -0.137. The van der Waals surface area contributed by atoms with E-state index < -0.39 is 23.2 Å². The Morgan fingerprint density at radius 2 is 1.75 bits per heavy atom. The predicted molar refractivity (Wildman–Crippen MR) is 99.3 cm³/mol. The van der Waals surface area contributed by atoms with Gasteiger partial charge in [0.25, 0.3) is 11.5 Å². The van der Waals surface area contributed by atoms with Crippen LogP contribution in [0.15, 0.2) is 59.5 Å². The Hall–Kier alpha value is -2.84. The fraction of sp³-hybridized carbons (Fsp3) is 0.0556. The quantitative estimate of drug-likeness (QED) is 0.652. The first kappa shape index (κ1) is 19.9. The Labute approximate surface area is 166 Å². The molecule has 5 nitrogen and oxygen atoms in total. The van der Waals surface area contributed by atoms with Crippen molar-refractivity contribution in [1.29, 1.82) is 0 Å². The normalized spacial score (nSPS) is 11.3. The van der Waals surface area contributed by atoms with E-state index in [-0.39, 0.29) is 21.3 Å². The molecule has 1 heterocycles. The third-order valence-electron chi connectivity index (χ3n) is 3.70. The molecule has 0 radical (unpaired) electrons. The van der Waals surface area contributed by atoms with Crippen molar-refractivity contribution in [2.75, 3.05) is 5.32 Å². The molecule has 1 aromatic heterocycles. The molecule has 3 aromatic rings. The van der Waals surface area contributed by atoms with Crippen LogP contribution in [-0.4, -0.2) is 15.7 Å². The Kier molecular flexibility index (Phi) is 5.44. The maximum atomic E-state index is 12.8. The van der Waals surface area contributed by atoms with E-state index in [0.29, 0.717) is 5.69 Å². The summed E-state index contributed by atoms with van der Waals surface area (Å²) in [6.45, 7) is 0. The monoisotopic (exact) mass is 427 g/mol. The van der Waals surface area contributed by atoms with E-state index in [0.717, 1.165) is 16.8 Å². The van der Waals surface area contributed by atoms with Crippen LogP contribution < -0.4 is 10.9 Å². The number of amides is 1. The van der Waals surface area contributed by atoms with E-state index in [1.165, 1.54) is 42.6 Å². The molecule has 0 bridgehead atoms. The Bertz CT molecular complexity index is 1100. The van der Waals surface area contributed by atoms with Gasteiger partial charge in [-0.05, 0) is 42.5 Å². The topological polar surface area (TPSA) is 64.0 Å². The van der Waals surface area contributed by atoms with E-state index in [1.54, 1.807) is 0 Å². The molecular weight excluding hydrogens is 418 g/mol. The standard InChI is InChI=1S/C18H10Cl2F3N3O2/c19-14-9-24-26(17(28)15(14)20)13-6-4-10(5-7-13)16(27)25-12-3-1-2-11(8-12)18(21,22)23/h1-9H,(H,25,27). The Morgan fingerprint density at radius 3 is 2.39 bits per heavy atom. The number of nitrogens with zero attached hydrogens (tertiary/aromatic N) is 2. The number of hydrogen-bond donors (Lipinski definition) is 1. The highest BCUT2D eigenvalue weighted by atomic mass is 35.5. The second-order valence-corrected chi connectivity index (χ2v) is 6.39. The minimum Gasteiger partial charge on any atom is -0.322 e. The summed E-state index contributed by atoms with van der Waals surface area (Å²) in [5.74, 6) is -0.611. The first-order valence-electron chi connectivity index (χ1n) is 7.69. The molecule has 0 aliphatic rings. The number of aromatic nitrogens is 2. The van der Waals surface area contributed by atoms with Gasteiger partial charge in [0.2, 0.25) is 0 Å². The molecule has 1 N–H and O–H groups in total. The molecule has 2 aromatic carbocycles. The molecule has 0 saturated carbocycles. The summed E-state index contributed by atoms with van der Waals surface area (Å²) in [5.41, 5.74) is -0.985. The smallest absolute Gasteiger partial charge is 0.322 e. The van der Waals surface area contributed by atoms with Crippen LogP contribution >= 0.6 is 23.2 Å². The van der Waals surface area contributed by atoms with E-state index >= 15 is 0 Å². The number of anilines is 1. The average molecular weight is 428 g/mol. The zero-order valence-electron chi connectivity index (χ0n) is 13.8. The van der Waals surface area contributed by atoms with E-state index in [1.807, 2.05) is 0 Å². The first-order chi connectivity index (χ1) is 13.2. The second-order valence-electron chi connectivity index (χ2n) is 5.60. The van der Waals surface area contributed by atoms with E-state index in [9.17, 15) is 22.8 Å². The summed E-state index contributed by atoms with van der Waals surface area (Å²) in [5, 5.41) is 6.08.